The number of amides is 2. The number of furan rings is 2. The number of fused-ring (bicyclic) bond motifs is 1. The molecule has 0 bridgehead atoms. The van der Waals surface area contributed by atoms with Crippen molar-refractivity contribution >= 4 is 29.2 Å². The second-order valence-electron chi connectivity index (χ2n) is 7.59. The van der Waals surface area contributed by atoms with Crippen LogP contribution in [0.5, 0.6) is 0 Å². The molecule has 0 aliphatic heterocycles. The summed E-state index contributed by atoms with van der Waals surface area (Å²) in [7, 11) is 1.28. The predicted molar refractivity (Wildman–Crippen MR) is 120 cm³/mol. The summed E-state index contributed by atoms with van der Waals surface area (Å²) in [6.45, 7) is 3.47. The van der Waals surface area contributed by atoms with E-state index in [0.29, 0.717) is 46.9 Å². The van der Waals surface area contributed by atoms with Crippen molar-refractivity contribution in [3.05, 3.63) is 76.1 Å². The number of carbonyl (C=O) groups excluding carboxylic acids is 3. The maximum Gasteiger partial charge on any atom is 0.339 e. The van der Waals surface area contributed by atoms with Crippen LogP contribution < -0.4 is 10.7 Å². The standard InChI is InChI=1S/C24H23N3O6/c1-13-20-18(26-27-22(28)15-11-12-32-14(15)2)9-6-10-19(20)33-21(13)23(29)25-17-8-5-4-7-16(17)24(30)31-3/h4-5,7-8,11-12H,6,9-10H2,1-3H3,(H,25,29)(H,27,28)/b26-18+. The van der Waals surface area contributed by atoms with E-state index in [1.165, 1.54) is 13.4 Å². The van der Waals surface area contributed by atoms with Crippen molar-refractivity contribution in [1.29, 1.82) is 0 Å². The van der Waals surface area contributed by atoms with Gasteiger partial charge in [0.2, 0.25) is 0 Å². The number of benzene rings is 1. The summed E-state index contributed by atoms with van der Waals surface area (Å²) >= 11 is 0. The van der Waals surface area contributed by atoms with Gasteiger partial charge in [-0.3, -0.25) is 9.59 Å². The topological polar surface area (TPSA) is 123 Å². The molecule has 170 valence electrons. The molecule has 1 aliphatic carbocycles. The van der Waals surface area contributed by atoms with Crippen molar-refractivity contribution in [2.45, 2.75) is 33.1 Å². The second kappa shape index (κ2) is 9.15. The van der Waals surface area contributed by atoms with Gasteiger partial charge < -0.3 is 18.9 Å². The number of aryl methyl sites for hydroxylation is 2. The highest BCUT2D eigenvalue weighted by atomic mass is 16.5. The van der Waals surface area contributed by atoms with E-state index in [1.807, 2.05) is 0 Å². The largest absolute Gasteiger partial charge is 0.469 e. The lowest BCUT2D eigenvalue weighted by Gasteiger charge is -2.13. The van der Waals surface area contributed by atoms with Crippen molar-refractivity contribution in [1.82, 2.24) is 5.43 Å². The van der Waals surface area contributed by atoms with E-state index in [-0.39, 0.29) is 17.2 Å². The van der Waals surface area contributed by atoms with Crippen molar-refractivity contribution in [3.63, 3.8) is 0 Å². The van der Waals surface area contributed by atoms with Crippen LogP contribution in [0, 0.1) is 13.8 Å². The summed E-state index contributed by atoms with van der Waals surface area (Å²) < 4.78 is 15.8. The number of nitrogens with zero attached hydrogens (tertiary/aromatic N) is 1. The average Bonchev–Trinajstić information content (AvgIpc) is 3.40. The second-order valence-corrected chi connectivity index (χ2v) is 7.59. The Labute approximate surface area is 189 Å². The third kappa shape index (κ3) is 4.30. The molecule has 4 rings (SSSR count). The highest BCUT2D eigenvalue weighted by Crippen LogP contribution is 2.30. The van der Waals surface area contributed by atoms with Crippen LogP contribution in [0.25, 0.3) is 0 Å². The van der Waals surface area contributed by atoms with Crippen LogP contribution in [-0.2, 0) is 11.2 Å². The van der Waals surface area contributed by atoms with Gasteiger partial charge in [0, 0.05) is 17.5 Å². The van der Waals surface area contributed by atoms with Crippen LogP contribution >= 0.6 is 0 Å². The van der Waals surface area contributed by atoms with E-state index in [9.17, 15) is 14.4 Å². The van der Waals surface area contributed by atoms with Gasteiger partial charge in [0.05, 0.1) is 35.9 Å². The first-order valence-corrected chi connectivity index (χ1v) is 10.4. The van der Waals surface area contributed by atoms with E-state index >= 15 is 0 Å². The fourth-order valence-electron chi connectivity index (χ4n) is 3.85. The molecule has 9 heteroatoms. The predicted octanol–water partition coefficient (Wildman–Crippen LogP) is 4.00. The van der Waals surface area contributed by atoms with Gasteiger partial charge in [-0.25, -0.2) is 10.2 Å². The van der Waals surface area contributed by atoms with Gasteiger partial charge in [-0.05, 0) is 44.9 Å². The Morgan fingerprint density at radius 3 is 2.55 bits per heavy atom. The van der Waals surface area contributed by atoms with Crippen molar-refractivity contribution in [2.75, 3.05) is 12.4 Å². The van der Waals surface area contributed by atoms with E-state index in [1.54, 1.807) is 44.2 Å². The smallest absolute Gasteiger partial charge is 0.339 e. The van der Waals surface area contributed by atoms with Crippen LogP contribution in [0.3, 0.4) is 0 Å². The first kappa shape index (κ1) is 22.1. The maximum absolute atomic E-state index is 13.0. The normalized spacial score (nSPS) is 14.0. The van der Waals surface area contributed by atoms with Gasteiger partial charge in [-0.1, -0.05) is 12.1 Å². The zero-order valence-corrected chi connectivity index (χ0v) is 18.5. The van der Waals surface area contributed by atoms with Crippen molar-refractivity contribution in [3.8, 4) is 0 Å². The van der Waals surface area contributed by atoms with Crippen molar-refractivity contribution in [2.24, 2.45) is 5.10 Å². The molecule has 33 heavy (non-hydrogen) atoms. The summed E-state index contributed by atoms with van der Waals surface area (Å²) in [6.07, 6.45) is 3.49. The minimum atomic E-state index is -0.556. The van der Waals surface area contributed by atoms with Gasteiger partial charge in [0.25, 0.3) is 11.8 Å². The number of anilines is 1. The minimum Gasteiger partial charge on any atom is -0.469 e. The number of hydrogen-bond donors (Lipinski definition) is 2. The third-order valence-corrected chi connectivity index (χ3v) is 5.51. The summed E-state index contributed by atoms with van der Waals surface area (Å²) in [5, 5.41) is 7.04. The molecule has 1 aliphatic rings. The Morgan fingerprint density at radius 2 is 1.82 bits per heavy atom. The number of para-hydroxylation sites is 1. The number of hydrazone groups is 1. The monoisotopic (exact) mass is 449 g/mol. The minimum absolute atomic E-state index is 0.131. The Bertz CT molecular complexity index is 1270. The van der Waals surface area contributed by atoms with Gasteiger partial charge in [-0.15, -0.1) is 0 Å². The van der Waals surface area contributed by atoms with Gasteiger partial charge in [-0.2, -0.15) is 5.10 Å². The van der Waals surface area contributed by atoms with Crippen LogP contribution in [0.15, 0.2) is 50.5 Å². The third-order valence-electron chi connectivity index (χ3n) is 5.51. The quantitative estimate of drug-likeness (QED) is 0.448. The molecule has 0 fully saturated rings. The molecule has 0 saturated carbocycles. The summed E-state index contributed by atoms with van der Waals surface area (Å²) in [5.41, 5.74) is 5.50. The van der Waals surface area contributed by atoms with Gasteiger partial charge in [0.15, 0.2) is 5.76 Å². The zero-order chi connectivity index (χ0) is 23.5. The molecule has 9 nitrogen and oxygen atoms in total. The molecule has 3 aromatic rings. The number of esters is 1. The van der Waals surface area contributed by atoms with Crippen LogP contribution in [0.4, 0.5) is 5.69 Å². The summed E-state index contributed by atoms with van der Waals surface area (Å²) in [5.74, 6) is -0.152. The molecule has 2 amide bonds. The fourth-order valence-corrected chi connectivity index (χ4v) is 3.85. The fraction of sp³-hybridized carbons (Fsp3) is 0.250. The molecule has 2 N–H and O–H groups in total. The van der Waals surface area contributed by atoms with E-state index in [0.717, 1.165) is 12.0 Å². The van der Waals surface area contributed by atoms with Crippen molar-refractivity contribution < 1.29 is 28.0 Å². The Balaban J connectivity index is 1.59. The molecular weight excluding hydrogens is 426 g/mol. The van der Waals surface area contributed by atoms with Crippen LogP contribution in [0.1, 0.15) is 66.8 Å². The lowest BCUT2D eigenvalue weighted by atomic mass is 9.93. The number of methoxy groups -OCH3 is 1. The number of carbonyl (C=O) groups is 3. The number of hydrogen-bond acceptors (Lipinski definition) is 7. The zero-order valence-electron chi connectivity index (χ0n) is 18.5. The maximum atomic E-state index is 13.0. The number of ether oxygens (including phenoxy) is 1. The Hall–Kier alpha value is -4.14. The van der Waals surface area contributed by atoms with E-state index in [2.05, 4.69) is 15.8 Å². The first-order valence-electron chi connectivity index (χ1n) is 10.4. The SMILES string of the molecule is COC(=O)c1ccccc1NC(=O)c1oc2c(c1C)/C(=N/NC(=O)c1ccoc1C)CCC2. The van der Waals surface area contributed by atoms with E-state index < -0.39 is 11.9 Å². The molecule has 0 atom stereocenters. The summed E-state index contributed by atoms with van der Waals surface area (Å²) in [4.78, 5) is 37.4. The molecule has 0 spiro atoms. The van der Waals surface area contributed by atoms with Gasteiger partial charge >= 0.3 is 5.97 Å². The molecule has 0 unspecified atom stereocenters. The molecule has 2 heterocycles. The molecular formula is C24H23N3O6. The number of rotatable bonds is 5. The summed E-state index contributed by atoms with van der Waals surface area (Å²) in [6, 6.07) is 8.15. The molecule has 0 radical (unpaired) electrons. The van der Waals surface area contributed by atoms with Crippen LogP contribution in [0.2, 0.25) is 0 Å². The highest BCUT2D eigenvalue weighted by molar-refractivity contribution is 6.11. The molecule has 0 saturated heterocycles. The first-order chi connectivity index (χ1) is 15.9. The van der Waals surface area contributed by atoms with E-state index in [4.69, 9.17) is 13.6 Å². The lowest BCUT2D eigenvalue weighted by molar-refractivity contribution is 0.0601. The Morgan fingerprint density at radius 1 is 1.03 bits per heavy atom. The number of nitrogens with one attached hydrogen (secondary N) is 2. The highest BCUT2D eigenvalue weighted by Gasteiger charge is 2.29. The Kier molecular flexibility index (Phi) is 6.12. The average molecular weight is 449 g/mol. The molecule has 1 aromatic carbocycles. The molecule has 2 aromatic heterocycles. The van der Waals surface area contributed by atoms with Crippen LogP contribution in [-0.4, -0.2) is 30.6 Å². The lowest BCUT2D eigenvalue weighted by Crippen LogP contribution is -2.22. The van der Waals surface area contributed by atoms with Gasteiger partial charge in [0.1, 0.15) is 11.5 Å².